The number of carbonyl (C=O) groups is 2. The molecule has 0 aromatic heterocycles. The lowest BCUT2D eigenvalue weighted by molar-refractivity contribution is -0.111. The molecule has 8 nitrogen and oxygen atoms in total. The number of aliphatic hydroxyl groups is 1. The Hall–Kier alpha value is -4.30. The van der Waals surface area contributed by atoms with E-state index in [2.05, 4.69) is 10.6 Å². The van der Waals surface area contributed by atoms with Crippen LogP contribution in [0.5, 0.6) is 5.75 Å². The highest BCUT2D eigenvalue weighted by Crippen LogP contribution is 2.29. The van der Waals surface area contributed by atoms with Crippen molar-refractivity contribution in [2.24, 2.45) is 5.92 Å². The average Bonchev–Trinajstić information content (AvgIpc) is 2.88. The fourth-order valence-corrected chi connectivity index (χ4v) is 3.42. The Bertz CT molecular complexity index is 1180. The van der Waals surface area contributed by atoms with Crippen molar-refractivity contribution in [2.45, 2.75) is 20.0 Å². The monoisotopic (exact) mass is 489 g/mol. The molecule has 0 bridgehead atoms. The van der Waals surface area contributed by atoms with Gasteiger partial charge in [0.15, 0.2) is 0 Å². The number of anilines is 3. The SMILES string of the molecule is Cc1ccc(NC(=O)O[C@H](c2ccc(OCCO)cc2)[C@H](C)/C=C/C(=O)Nc2ccccc2N)cc1. The van der Waals surface area contributed by atoms with Gasteiger partial charge in [0.05, 0.1) is 18.0 Å². The van der Waals surface area contributed by atoms with E-state index < -0.39 is 12.2 Å². The number of ether oxygens (including phenoxy) is 2. The van der Waals surface area contributed by atoms with Crippen molar-refractivity contribution in [1.29, 1.82) is 0 Å². The van der Waals surface area contributed by atoms with Crippen molar-refractivity contribution in [3.05, 3.63) is 96.1 Å². The predicted octanol–water partition coefficient (Wildman–Crippen LogP) is 5.07. The Balaban J connectivity index is 1.74. The molecule has 36 heavy (non-hydrogen) atoms. The molecule has 0 aliphatic rings. The molecule has 0 saturated carbocycles. The topological polar surface area (TPSA) is 123 Å². The molecular formula is C28H31N3O5. The van der Waals surface area contributed by atoms with Crippen molar-refractivity contribution in [3.63, 3.8) is 0 Å². The lowest BCUT2D eigenvalue weighted by Crippen LogP contribution is -2.21. The lowest BCUT2D eigenvalue weighted by atomic mass is 9.96. The maximum absolute atomic E-state index is 12.7. The van der Waals surface area contributed by atoms with Gasteiger partial charge in [0.1, 0.15) is 18.5 Å². The Morgan fingerprint density at radius 2 is 1.69 bits per heavy atom. The number of benzene rings is 3. The third kappa shape index (κ3) is 7.89. The standard InChI is InChI=1S/C28H31N3O5/c1-19-7-12-22(13-8-19)30-28(34)36-27(21-10-14-23(15-11-21)35-18-17-32)20(2)9-16-26(33)31-25-6-4-3-5-24(25)29/h3-16,20,27,32H,17-18,29H2,1-2H3,(H,30,34)(H,31,33)/b16-9+/t20-,27+/m1/s1. The van der Waals surface area contributed by atoms with E-state index in [-0.39, 0.29) is 25.0 Å². The van der Waals surface area contributed by atoms with Crippen LogP contribution in [0.4, 0.5) is 21.9 Å². The van der Waals surface area contributed by atoms with Crippen LogP contribution in [0.2, 0.25) is 0 Å². The van der Waals surface area contributed by atoms with Crippen LogP contribution in [0.25, 0.3) is 0 Å². The zero-order valence-corrected chi connectivity index (χ0v) is 20.3. The maximum Gasteiger partial charge on any atom is 0.412 e. The summed E-state index contributed by atoms with van der Waals surface area (Å²) < 4.78 is 11.2. The van der Waals surface area contributed by atoms with Gasteiger partial charge in [-0.25, -0.2) is 4.79 Å². The Kier molecular flexibility index (Phi) is 9.48. The van der Waals surface area contributed by atoms with E-state index in [0.29, 0.717) is 22.8 Å². The number of hydrogen-bond acceptors (Lipinski definition) is 6. The first kappa shape index (κ1) is 26.3. The quantitative estimate of drug-likeness (QED) is 0.233. The van der Waals surface area contributed by atoms with Crippen LogP contribution in [0.1, 0.15) is 24.2 Å². The van der Waals surface area contributed by atoms with Crippen molar-refractivity contribution in [2.75, 3.05) is 29.6 Å². The van der Waals surface area contributed by atoms with Gasteiger partial charge in [0.2, 0.25) is 5.91 Å². The second-order valence-corrected chi connectivity index (χ2v) is 8.25. The minimum atomic E-state index is -0.687. The van der Waals surface area contributed by atoms with Crippen LogP contribution in [0.3, 0.4) is 0 Å². The van der Waals surface area contributed by atoms with Gasteiger partial charge in [0, 0.05) is 11.6 Å². The predicted molar refractivity (Wildman–Crippen MR) is 141 cm³/mol. The van der Waals surface area contributed by atoms with Crippen molar-refractivity contribution >= 4 is 29.1 Å². The van der Waals surface area contributed by atoms with E-state index in [9.17, 15) is 9.59 Å². The molecule has 0 aliphatic carbocycles. The molecule has 0 unspecified atom stereocenters. The number of aryl methyl sites for hydroxylation is 1. The summed E-state index contributed by atoms with van der Waals surface area (Å²) >= 11 is 0. The molecule has 3 aromatic carbocycles. The number of amides is 2. The smallest absolute Gasteiger partial charge is 0.412 e. The summed E-state index contributed by atoms with van der Waals surface area (Å²) in [6.07, 6.45) is 1.76. The van der Waals surface area contributed by atoms with Gasteiger partial charge in [-0.3, -0.25) is 10.1 Å². The van der Waals surface area contributed by atoms with E-state index in [1.54, 1.807) is 66.7 Å². The van der Waals surface area contributed by atoms with Crippen LogP contribution < -0.4 is 21.1 Å². The Morgan fingerprint density at radius 3 is 2.36 bits per heavy atom. The molecule has 0 radical (unpaired) electrons. The lowest BCUT2D eigenvalue weighted by Gasteiger charge is -2.23. The van der Waals surface area contributed by atoms with Crippen molar-refractivity contribution < 1.29 is 24.2 Å². The molecule has 0 fully saturated rings. The summed E-state index contributed by atoms with van der Waals surface area (Å²) in [7, 11) is 0. The first-order chi connectivity index (χ1) is 17.4. The number of nitrogens with one attached hydrogen (secondary N) is 2. The minimum absolute atomic E-state index is 0.0921. The zero-order chi connectivity index (χ0) is 25.9. The van der Waals surface area contributed by atoms with Crippen LogP contribution in [-0.4, -0.2) is 30.3 Å². The van der Waals surface area contributed by atoms with Gasteiger partial charge in [0.25, 0.3) is 0 Å². The van der Waals surface area contributed by atoms with Gasteiger partial charge >= 0.3 is 6.09 Å². The summed E-state index contributed by atoms with van der Waals surface area (Å²) in [5.41, 5.74) is 9.27. The van der Waals surface area contributed by atoms with Gasteiger partial charge in [-0.15, -0.1) is 0 Å². The third-order valence-electron chi connectivity index (χ3n) is 5.35. The number of nitrogen functional groups attached to an aromatic ring is 1. The molecule has 0 aliphatic heterocycles. The highest BCUT2D eigenvalue weighted by molar-refractivity contribution is 6.01. The first-order valence-electron chi connectivity index (χ1n) is 11.6. The van der Waals surface area contributed by atoms with E-state index in [1.165, 1.54) is 6.08 Å². The molecule has 3 aromatic rings. The molecular weight excluding hydrogens is 458 g/mol. The second kappa shape index (κ2) is 13.0. The van der Waals surface area contributed by atoms with Gasteiger partial charge < -0.3 is 25.6 Å². The molecule has 188 valence electrons. The van der Waals surface area contributed by atoms with Crippen LogP contribution in [0.15, 0.2) is 84.9 Å². The normalized spacial score (nSPS) is 12.5. The Labute approximate surface area is 210 Å². The summed E-state index contributed by atoms with van der Waals surface area (Å²) in [5, 5.41) is 14.4. The van der Waals surface area contributed by atoms with Gasteiger partial charge in [-0.2, -0.15) is 0 Å². The number of aliphatic hydroxyl groups excluding tert-OH is 1. The average molecular weight is 490 g/mol. The summed E-state index contributed by atoms with van der Waals surface area (Å²) in [4.78, 5) is 25.2. The summed E-state index contributed by atoms with van der Waals surface area (Å²) in [6.45, 7) is 3.90. The second-order valence-electron chi connectivity index (χ2n) is 8.25. The fraction of sp³-hybridized carbons (Fsp3) is 0.214. The van der Waals surface area contributed by atoms with E-state index in [4.69, 9.17) is 20.3 Å². The van der Waals surface area contributed by atoms with E-state index >= 15 is 0 Å². The summed E-state index contributed by atoms with van der Waals surface area (Å²) in [6, 6.07) is 21.4. The molecule has 0 spiro atoms. The first-order valence-corrected chi connectivity index (χ1v) is 11.6. The molecule has 2 amide bonds. The van der Waals surface area contributed by atoms with Gasteiger partial charge in [-0.1, -0.05) is 55.0 Å². The van der Waals surface area contributed by atoms with E-state index in [1.807, 2.05) is 26.0 Å². The number of para-hydroxylation sites is 2. The fourth-order valence-electron chi connectivity index (χ4n) is 3.42. The number of hydrogen-bond donors (Lipinski definition) is 4. The minimum Gasteiger partial charge on any atom is -0.491 e. The van der Waals surface area contributed by atoms with Crippen LogP contribution in [-0.2, 0) is 9.53 Å². The number of rotatable bonds is 10. The zero-order valence-electron chi connectivity index (χ0n) is 20.3. The highest BCUT2D eigenvalue weighted by atomic mass is 16.6. The van der Waals surface area contributed by atoms with Crippen molar-refractivity contribution in [1.82, 2.24) is 0 Å². The van der Waals surface area contributed by atoms with Crippen LogP contribution in [0, 0.1) is 12.8 Å². The number of nitrogens with two attached hydrogens (primary N) is 1. The summed E-state index contributed by atoms with van der Waals surface area (Å²) in [5.74, 6) is -0.120. The van der Waals surface area contributed by atoms with Crippen molar-refractivity contribution in [3.8, 4) is 5.75 Å². The molecule has 0 heterocycles. The maximum atomic E-state index is 12.7. The number of carbonyl (C=O) groups excluding carboxylic acids is 2. The Morgan fingerprint density at radius 1 is 1.00 bits per heavy atom. The molecule has 8 heteroatoms. The third-order valence-corrected chi connectivity index (χ3v) is 5.35. The molecule has 5 N–H and O–H groups in total. The van der Waals surface area contributed by atoms with Gasteiger partial charge in [-0.05, 0) is 55.0 Å². The molecule has 3 rings (SSSR count). The highest BCUT2D eigenvalue weighted by Gasteiger charge is 2.23. The largest absolute Gasteiger partial charge is 0.491 e. The molecule has 0 saturated heterocycles. The molecule has 2 atom stereocenters. The van der Waals surface area contributed by atoms with E-state index in [0.717, 1.165) is 11.1 Å². The van der Waals surface area contributed by atoms with Crippen LogP contribution >= 0.6 is 0 Å².